The van der Waals surface area contributed by atoms with Crippen molar-refractivity contribution in [3.8, 4) is 0 Å². The fraction of sp³-hybridized carbons (Fsp3) is 1.00. The highest BCUT2D eigenvalue weighted by Crippen LogP contribution is 2.03. The molecule has 0 aliphatic carbocycles. The fourth-order valence-electron chi connectivity index (χ4n) is 1.08. The van der Waals surface area contributed by atoms with Crippen molar-refractivity contribution in [2.75, 3.05) is 6.54 Å². The summed E-state index contributed by atoms with van der Waals surface area (Å²) < 4.78 is 24.0. The Bertz CT molecular complexity index is 163. The standard InChI is InChI=1S/C8H19NO3S/c1-2-3-4-5-6-7-8-9-12-13(10)11/h9,13H,2-8H2,1H3. The van der Waals surface area contributed by atoms with Crippen LogP contribution in [0.2, 0.25) is 0 Å². The van der Waals surface area contributed by atoms with E-state index in [9.17, 15) is 8.42 Å². The summed E-state index contributed by atoms with van der Waals surface area (Å²) in [4.78, 5) is 0. The second-order valence-corrected chi connectivity index (χ2v) is 3.61. The number of thiol groups is 1. The van der Waals surface area contributed by atoms with Gasteiger partial charge in [-0.25, -0.2) is 8.42 Å². The number of hydrogen-bond donors (Lipinski definition) is 2. The molecule has 1 N–H and O–H groups in total. The molecule has 0 saturated heterocycles. The first-order valence-corrected chi connectivity index (χ1v) is 5.91. The Labute approximate surface area is 81.8 Å². The largest absolute Gasteiger partial charge is 0.273 e. The van der Waals surface area contributed by atoms with Crippen LogP contribution in [0.3, 0.4) is 0 Å². The Kier molecular flexibility index (Phi) is 9.85. The maximum atomic E-state index is 9.93. The molecule has 0 rings (SSSR count). The molecule has 0 saturated carbocycles. The first-order valence-electron chi connectivity index (χ1n) is 4.81. The molecule has 0 aliphatic rings. The van der Waals surface area contributed by atoms with Gasteiger partial charge in [-0.05, 0) is 6.42 Å². The Morgan fingerprint density at radius 3 is 2.31 bits per heavy atom. The van der Waals surface area contributed by atoms with Crippen LogP contribution in [0.1, 0.15) is 45.4 Å². The van der Waals surface area contributed by atoms with Gasteiger partial charge in [0.15, 0.2) is 0 Å². The van der Waals surface area contributed by atoms with Crippen LogP contribution in [0, 0.1) is 0 Å². The fourth-order valence-corrected chi connectivity index (χ4v) is 1.27. The van der Waals surface area contributed by atoms with Crippen LogP contribution in [-0.2, 0) is 15.3 Å². The molecular formula is C8H19NO3S. The van der Waals surface area contributed by atoms with Crippen LogP contribution >= 0.6 is 0 Å². The van der Waals surface area contributed by atoms with Crippen molar-refractivity contribution < 1.29 is 12.7 Å². The van der Waals surface area contributed by atoms with E-state index in [2.05, 4.69) is 16.7 Å². The lowest BCUT2D eigenvalue weighted by Gasteiger charge is -2.00. The zero-order valence-corrected chi connectivity index (χ0v) is 9.02. The predicted octanol–water partition coefficient (Wildman–Crippen LogP) is 1.39. The minimum atomic E-state index is -2.74. The molecule has 5 heteroatoms. The molecule has 0 aromatic carbocycles. The third-order valence-electron chi connectivity index (χ3n) is 1.77. The lowest BCUT2D eigenvalue weighted by molar-refractivity contribution is 0.211. The van der Waals surface area contributed by atoms with Gasteiger partial charge in [0.05, 0.1) is 0 Å². The van der Waals surface area contributed by atoms with Crippen molar-refractivity contribution in [1.29, 1.82) is 0 Å². The smallest absolute Gasteiger partial charge is 0.201 e. The molecule has 13 heavy (non-hydrogen) atoms. The summed E-state index contributed by atoms with van der Waals surface area (Å²) in [5, 5.41) is 0. The first-order chi connectivity index (χ1) is 6.27. The number of hydroxylamine groups is 1. The van der Waals surface area contributed by atoms with E-state index < -0.39 is 11.0 Å². The van der Waals surface area contributed by atoms with Crippen LogP contribution in [0.4, 0.5) is 0 Å². The van der Waals surface area contributed by atoms with Crippen molar-refractivity contribution in [2.24, 2.45) is 0 Å². The molecule has 0 fully saturated rings. The average molecular weight is 209 g/mol. The van der Waals surface area contributed by atoms with E-state index in [0.717, 1.165) is 12.8 Å². The second kappa shape index (κ2) is 9.95. The van der Waals surface area contributed by atoms with Crippen LogP contribution in [0.25, 0.3) is 0 Å². The molecule has 0 radical (unpaired) electrons. The molecular weight excluding hydrogens is 190 g/mol. The minimum absolute atomic E-state index is 0.607. The highest BCUT2D eigenvalue weighted by atomic mass is 32.2. The van der Waals surface area contributed by atoms with Crippen molar-refractivity contribution in [1.82, 2.24) is 5.48 Å². The van der Waals surface area contributed by atoms with Crippen molar-refractivity contribution in [3.63, 3.8) is 0 Å². The van der Waals surface area contributed by atoms with Gasteiger partial charge in [-0.1, -0.05) is 39.0 Å². The third-order valence-corrected chi connectivity index (χ3v) is 2.05. The van der Waals surface area contributed by atoms with Crippen LogP contribution in [0.5, 0.6) is 0 Å². The lowest BCUT2D eigenvalue weighted by atomic mass is 10.1. The number of hydrogen-bond acceptors (Lipinski definition) is 4. The molecule has 0 bridgehead atoms. The molecule has 0 spiro atoms. The molecule has 4 nitrogen and oxygen atoms in total. The second-order valence-electron chi connectivity index (χ2n) is 2.98. The zero-order chi connectivity index (χ0) is 9.94. The van der Waals surface area contributed by atoms with Gasteiger partial charge in [-0.2, -0.15) is 9.76 Å². The van der Waals surface area contributed by atoms with Gasteiger partial charge in [0.1, 0.15) is 0 Å². The van der Waals surface area contributed by atoms with E-state index in [1.54, 1.807) is 0 Å². The molecule has 0 aromatic rings. The van der Waals surface area contributed by atoms with Crippen LogP contribution in [-0.4, -0.2) is 15.0 Å². The summed E-state index contributed by atoms with van der Waals surface area (Å²) in [6.07, 6.45) is 7.12. The summed E-state index contributed by atoms with van der Waals surface area (Å²) in [6.45, 7) is 2.79. The van der Waals surface area contributed by atoms with Gasteiger partial charge in [0, 0.05) is 6.54 Å². The van der Waals surface area contributed by atoms with Crippen molar-refractivity contribution in [2.45, 2.75) is 45.4 Å². The molecule has 0 aliphatic heterocycles. The highest BCUT2D eigenvalue weighted by molar-refractivity contribution is 7.67. The molecule has 0 atom stereocenters. The number of rotatable bonds is 9. The summed E-state index contributed by atoms with van der Waals surface area (Å²) in [7, 11) is -2.74. The zero-order valence-electron chi connectivity index (χ0n) is 8.12. The Morgan fingerprint density at radius 2 is 1.69 bits per heavy atom. The van der Waals surface area contributed by atoms with E-state index in [1.807, 2.05) is 0 Å². The Balaban J connectivity index is 2.91. The minimum Gasteiger partial charge on any atom is -0.201 e. The van der Waals surface area contributed by atoms with E-state index >= 15 is 0 Å². The third kappa shape index (κ3) is 11.9. The average Bonchev–Trinajstić information content (AvgIpc) is 2.09. The molecule has 0 amide bonds. The predicted molar refractivity (Wildman–Crippen MR) is 52.8 cm³/mol. The van der Waals surface area contributed by atoms with E-state index in [4.69, 9.17) is 0 Å². The maximum absolute atomic E-state index is 9.93. The van der Waals surface area contributed by atoms with Crippen molar-refractivity contribution in [3.05, 3.63) is 0 Å². The van der Waals surface area contributed by atoms with Gasteiger partial charge in [0.2, 0.25) is 0 Å². The van der Waals surface area contributed by atoms with Crippen molar-refractivity contribution >= 4 is 11.0 Å². The van der Waals surface area contributed by atoms with E-state index in [0.29, 0.717) is 6.54 Å². The highest BCUT2D eigenvalue weighted by Gasteiger charge is 1.90. The Hall–Kier alpha value is -0.130. The topological polar surface area (TPSA) is 55.4 Å². The maximum Gasteiger partial charge on any atom is 0.273 e. The van der Waals surface area contributed by atoms with Gasteiger partial charge in [-0.15, -0.1) is 0 Å². The van der Waals surface area contributed by atoms with Crippen LogP contribution in [0.15, 0.2) is 0 Å². The molecule has 0 unspecified atom stereocenters. The van der Waals surface area contributed by atoms with E-state index in [1.165, 1.54) is 25.7 Å². The van der Waals surface area contributed by atoms with Gasteiger partial charge in [0.25, 0.3) is 11.0 Å². The summed E-state index contributed by atoms with van der Waals surface area (Å²) >= 11 is 0. The normalized spacial score (nSPS) is 10.9. The lowest BCUT2D eigenvalue weighted by Crippen LogP contribution is -2.14. The molecule has 80 valence electrons. The monoisotopic (exact) mass is 209 g/mol. The molecule has 0 aromatic heterocycles. The first kappa shape index (κ1) is 12.9. The summed E-state index contributed by atoms with van der Waals surface area (Å²) in [5.74, 6) is 0. The SMILES string of the molecule is CCCCCCCCNO[SH](=O)=O. The van der Waals surface area contributed by atoms with Gasteiger partial charge in [-0.3, -0.25) is 0 Å². The van der Waals surface area contributed by atoms with Gasteiger partial charge >= 0.3 is 0 Å². The number of unbranched alkanes of at least 4 members (excludes halogenated alkanes) is 5. The summed E-state index contributed by atoms with van der Waals surface area (Å²) in [5.41, 5.74) is 2.38. The van der Waals surface area contributed by atoms with Gasteiger partial charge < -0.3 is 0 Å². The summed E-state index contributed by atoms with van der Waals surface area (Å²) in [6, 6.07) is 0. The number of nitrogens with one attached hydrogen (secondary N) is 1. The van der Waals surface area contributed by atoms with Crippen LogP contribution < -0.4 is 5.48 Å². The molecule has 0 heterocycles. The van der Waals surface area contributed by atoms with E-state index in [-0.39, 0.29) is 0 Å². The Morgan fingerprint density at radius 1 is 1.08 bits per heavy atom. The quantitative estimate of drug-likeness (QED) is 0.342.